The summed E-state index contributed by atoms with van der Waals surface area (Å²) in [6, 6.07) is 3.10. The second kappa shape index (κ2) is 4.59. The van der Waals surface area contributed by atoms with Crippen molar-refractivity contribution in [2.75, 3.05) is 14.2 Å². The van der Waals surface area contributed by atoms with E-state index < -0.39 is 5.97 Å². The molecule has 1 aromatic rings. The number of rotatable bonds is 3. The van der Waals surface area contributed by atoms with Crippen LogP contribution in [0.3, 0.4) is 0 Å². The number of hydrogen-bond donors (Lipinski definition) is 0. The molecule has 1 aromatic carbocycles. The number of aryl methyl sites for hydroxylation is 1. The Hall–Kier alpha value is -1.84. The van der Waals surface area contributed by atoms with Crippen LogP contribution in [0.2, 0.25) is 0 Å². The van der Waals surface area contributed by atoms with E-state index in [1.54, 1.807) is 13.0 Å². The third-order valence-corrected chi connectivity index (χ3v) is 2.11. The van der Waals surface area contributed by atoms with E-state index in [1.807, 2.05) is 0 Å². The Morgan fingerprint density at radius 3 is 2.47 bits per heavy atom. The first-order valence-corrected chi connectivity index (χ1v) is 4.36. The van der Waals surface area contributed by atoms with Crippen molar-refractivity contribution in [3.05, 3.63) is 28.8 Å². The van der Waals surface area contributed by atoms with Crippen molar-refractivity contribution in [1.29, 1.82) is 0 Å². The quantitative estimate of drug-likeness (QED) is 0.559. The van der Waals surface area contributed by atoms with Crippen LogP contribution >= 0.6 is 0 Å². The smallest absolute Gasteiger partial charge is 0.338 e. The first kappa shape index (κ1) is 11.2. The molecule has 0 unspecified atom stereocenters. The van der Waals surface area contributed by atoms with Gasteiger partial charge >= 0.3 is 5.97 Å². The molecular formula is C11H12O4. The molecule has 0 N–H and O–H groups in total. The van der Waals surface area contributed by atoms with Crippen LogP contribution in [0.15, 0.2) is 12.1 Å². The lowest BCUT2D eigenvalue weighted by Gasteiger charge is -2.08. The third-order valence-electron chi connectivity index (χ3n) is 2.11. The van der Waals surface area contributed by atoms with Crippen molar-refractivity contribution < 1.29 is 19.1 Å². The number of methoxy groups -OCH3 is 2. The van der Waals surface area contributed by atoms with Crippen molar-refractivity contribution in [3.63, 3.8) is 0 Å². The first-order valence-electron chi connectivity index (χ1n) is 4.36. The number of hydrogen-bond acceptors (Lipinski definition) is 4. The first-order chi connectivity index (χ1) is 7.13. The Morgan fingerprint density at radius 2 is 2.00 bits per heavy atom. The van der Waals surface area contributed by atoms with Crippen LogP contribution in [0.1, 0.15) is 26.3 Å². The van der Waals surface area contributed by atoms with E-state index in [0.717, 1.165) is 0 Å². The summed E-state index contributed by atoms with van der Waals surface area (Å²) in [5, 5.41) is 0. The zero-order valence-corrected chi connectivity index (χ0v) is 8.87. The molecule has 0 spiro atoms. The van der Waals surface area contributed by atoms with Gasteiger partial charge in [-0.1, -0.05) is 0 Å². The van der Waals surface area contributed by atoms with Crippen molar-refractivity contribution in [2.45, 2.75) is 6.92 Å². The van der Waals surface area contributed by atoms with E-state index in [4.69, 9.17) is 4.74 Å². The van der Waals surface area contributed by atoms with E-state index in [2.05, 4.69) is 4.74 Å². The molecule has 4 nitrogen and oxygen atoms in total. The average molecular weight is 208 g/mol. The predicted molar refractivity (Wildman–Crippen MR) is 54.5 cm³/mol. The second-order valence-corrected chi connectivity index (χ2v) is 3.02. The third kappa shape index (κ3) is 2.15. The lowest BCUT2D eigenvalue weighted by atomic mass is 10.0. The van der Waals surface area contributed by atoms with E-state index in [1.165, 1.54) is 20.3 Å². The number of aldehydes is 1. The summed E-state index contributed by atoms with van der Waals surface area (Å²) in [5.41, 5.74) is 1.42. The monoisotopic (exact) mass is 208 g/mol. The fourth-order valence-electron chi connectivity index (χ4n) is 1.30. The van der Waals surface area contributed by atoms with E-state index in [0.29, 0.717) is 28.7 Å². The number of carbonyl (C=O) groups excluding carboxylic acids is 2. The normalized spacial score (nSPS) is 9.53. The predicted octanol–water partition coefficient (Wildman–Crippen LogP) is 1.60. The van der Waals surface area contributed by atoms with Gasteiger partial charge in [0.15, 0.2) is 6.29 Å². The summed E-state index contributed by atoms with van der Waals surface area (Å²) in [4.78, 5) is 22.1. The van der Waals surface area contributed by atoms with Crippen LogP contribution in [0.4, 0.5) is 0 Å². The summed E-state index contributed by atoms with van der Waals surface area (Å²) in [7, 11) is 2.77. The molecule has 15 heavy (non-hydrogen) atoms. The van der Waals surface area contributed by atoms with Gasteiger partial charge in [0, 0.05) is 0 Å². The van der Waals surface area contributed by atoms with Crippen LogP contribution in [-0.4, -0.2) is 26.5 Å². The second-order valence-electron chi connectivity index (χ2n) is 3.02. The minimum Gasteiger partial charge on any atom is -0.496 e. The van der Waals surface area contributed by atoms with Crippen LogP contribution < -0.4 is 4.74 Å². The van der Waals surface area contributed by atoms with Gasteiger partial charge in [-0.2, -0.15) is 0 Å². The van der Waals surface area contributed by atoms with Gasteiger partial charge in [-0.05, 0) is 24.6 Å². The van der Waals surface area contributed by atoms with Crippen LogP contribution in [0.25, 0.3) is 0 Å². The average Bonchev–Trinajstić information content (AvgIpc) is 2.27. The Bertz CT molecular complexity index is 396. The zero-order chi connectivity index (χ0) is 11.4. The fraction of sp³-hybridized carbons (Fsp3) is 0.273. The molecule has 0 saturated heterocycles. The summed E-state index contributed by atoms with van der Waals surface area (Å²) in [5.74, 6) is -0.00611. The molecule has 0 amide bonds. The number of carbonyl (C=O) groups is 2. The minimum atomic E-state index is -0.460. The lowest BCUT2D eigenvalue weighted by molar-refractivity contribution is 0.0600. The van der Waals surface area contributed by atoms with Gasteiger partial charge in [-0.15, -0.1) is 0 Å². The molecule has 4 heteroatoms. The Kier molecular flexibility index (Phi) is 3.44. The van der Waals surface area contributed by atoms with Crippen LogP contribution in [-0.2, 0) is 4.74 Å². The Labute approximate surface area is 87.8 Å². The maximum atomic E-state index is 11.3. The van der Waals surface area contributed by atoms with Gasteiger partial charge in [0.2, 0.25) is 0 Å². The molecule has 0 aliphatic heterocycles. The molecule has 0 aliphatic rings. The van der Waals surface area contributed by atoms with Gasteiger partial charge in [0.05, 0.1) is 25.3 Å². The van der Waals surface area contributed by atoms with Crippen molar-refractivity contribution in [1.82, 2.24) is 0 Å². The number of ether oxygens (including phenoxy) is 2. The van der Waals surface area contributed by atoms with Crippen molar-refractivity contribution in [3.8, 4) is 5.75 Å². The molecule has 0 aromatic heterocycles. The molecular weight excluding hydrogens is 196 g/mol. The van der Waals surface area contributed by atoms with E-state index in [-0.39, 0.29) is 0 Å². The van der Waals surface area contributed by atoms with E-state index in [9.17, 15) is 9.59 Å². The summed E-state index contributed by atoms with van der Waals surface area (Å²) in [6.07, 6.45) is 0.644. The van der Waals surface area contributed by atoms with Crippen LogP contribution in [0.5, 0.6) is 5.75 Å². The van der Waals surface area contributed by atoms with Crippen LogP contribution in [0, 0.1) is 6.92 Å². The van der Waals surface area contributed by atoms with E-state index >= 15 is 0 Å². The zero-order valence-electron chi connectivity index (χ0n) is 8.87. The summed E-state index contributed by atoms with van der Waals surface area (Å²) >= 11 is 0. The standard InChI is InChI=1S/C11H12O4/c1-7-4-10(14-2)8(6-12)5-9(7)11(13)15-3/h4-6H,1-3H3. The molecule has 0 saturated carbocycles. The molecule has 80 valence electrons. The molecule has 0 aliphatic carbocycles. The molecule has 0 radical (unpaired) electrons. The number of benzene rings is 1. The molecule has 1 rings (SSSR count). The van der Waals surface area contributed by atoms with Crippen molar-refractivity contribution in [2.24, 2.45) is 0 Å². The topological polar surface area (TPSA) is 52.6 Å². The van der Waals surface area contributed by atoms with Gasteiger partial charge in [0.1, 0.15) is 5.75 Å². The highest BCUT2D eigenvalue weighted by Gasteiger charge is 2.13. The molecule has 0 fully saturated rings. The highest BCUT2D eigenvalue weighted by atomic mass is 16.5. The minimum absolute atomic E-state index is 0.337. The lowest BCUT2D eigenvalue weighted by Crippen LogP contribution is -2.05. The Morgan fingerprint density at radius 1 is 1.33 bits per heavy atom. The molecule has 0 atom stereocenters. The van der Waals surface area contributed by atoms with Gasteiger partial charge in [-0.3, -0.25) is 4.79 Å². The number of esters is 1. The summed E-state index contributed by atoms with van der Waals surface area (Å²) in [6.45, 7) is 1.75. The SMILES string of the molecule is COC(=O)c1cc(C=O)c(OC)cc1C. The highest BCUT2D eigenvalue weighted by Crippen LogP contribution is 2.22. The largest absolute Gasteiger partial charge is 0.496 e. The summed E-state index contributed by atoms with van der Waals surface area (Å²) < 4.78 is 9.60. The maximum absolute atomic E-state index is 11.3. The maximum Gasteiger partial charge on any atom is 0.338 e. The highest BCUT2D eigenvalue weighted by molar-refractivity contribution is 5.94. The Balaban J connectivity index is 3.31. The van der Waals surface area contributed by atoms with Gasteiger partial charge < -0.3 is 9.47 Å². The molecule has 0 heterocycles. The molecule has 0 bridgehead atoms. The van der Waals surface area contributed by atoms with Gasteiger partial charge in [-0.25, -0.2) is 4.79 Å². The van der Waals surface area contributed by atoms with Gasteiger partial charge in [0.25, 0.3) is 0 Å². The fourth-order valence-corrected chi connectivity index (χ4v) is 1.30. The van der Waals surface area contributed by atoms with Crippen molar-refractivity contribution >= 4 is 12.3 Å².